The maximum Gasteiger partial charge on any atom is 0.153 e. The molecule has 0 radical (unpaired) electrons. The lowest BCUT2D eigenvalue weighted by molar-refractivity contribution is 0.112. The van der Waals surface area contributed by atoms with Gasteiger partial charge in [-0.1, -0.05) is 41.9 Å². The van der Waals surface area contributed by atoms with Gasteiger partial charge >= 0.3 is 0 Å². The summed E-state index contributed by atoms with van der Waals surface area (Å²) in [5, 5.41) is 9.74. The van der Waals surface area contributed by atoms with Crippen LogP contribution < -0.4 is 4.74 Å². The normalized spacial score (nSPS) is 10.8. The fraction of sp³-hybridized carbons (Fsp3) is 0.0588. The van der Waals surface area contributed by atoms with Crippen LogP contribution in [0.2, 0.25) is 5.02 Å². The molecule has 2 rings (SSSR count). The minimum Gasteiger partial charge on any atom is -0.487 e. The second-order valence-electron chi connectivity index (χ2n) is 4.25. The summed E-state index contributed by atoms with van der Waals surface area (Å²) in [6.07, 6.45) is 2.39. The lowest BCUT2D eigenvalue weighted by Gasteiger charge is -2.07. The zero-order valence-electron chi connectivity index (χ0n) is 11.1. The van der Waals surface area contributed by atoms with Gasteiger partial charge in [0.25, 0.3) is 0 Å². The van der Waals surface area contributed by atoms with Gasteiger partial charge in [-0.2, -0.15) is 5.26 Å². The van der Waals surface area contributed by atoms with Crippen LogP contribution in [-0.2, 0) is 0 Å². The molecule has 0 aromatic heterocycles. The van der Waals surface area contributed by atoms with Crippen LogP contribution in [-0.4, -0.2) is 12.9 Å². The van der Waals surface area contributed by atoms with Gasteiger partial charge in [-0.05, 0) is 29.8 Å². The van der Waals surface area contributed by atoms with Crippen molar-refractivity contribution in [2.45, 2.75) is 0 Å². The summed E-state index contributed by atoms with van der Waals surface area (Å²) in [5.41, 5.74) is 1.62. The molecule has 0 saturated heterocycles. The summed E-state index contributed by atoms with van der Waals surface area (Å²) in [6.45, 7) is 0.0760. The van der Waals surface area contributed by atoms with E-state index in [4.69, 9.17) is 16.3 Å². The van der Waals surface area contributed by atoms with Crippen molar-refractivity contribution in [1.82, 2.24) is 0 Å². The van der Waals surface area contributed by atoms with E-state index in [2.05, 4.69) is 6.07 Å². The van der Waals surface area contributed by atoms with Crippen molar-refractivity contribution in [1.29, 1.82) is 5.26 Å². The largest absolute Gasteiger partial charge is 0.487 e. The van der Waals surface area contributed by atoms with Crippen molar-refractivity contribution < 1.29 is 9.53 Å². The molecule has 0 unspecified atom stereocenters. The van der Waals surface area contributed by atoms with E-state index in [-0.39, 0.29) is 6.61 Å². The molecule has 0 amide bonds. The van der Waals surface area contributed by atoms with Crippen molar-refractivity contribution in [3.63, 3.8) is 0 Å². The minimum atomic E-state index is 0.0760. The number of aldehydes is 1. The van der Waals surface area contributed by atoms with Gasteiger partial charge in [0, 0.05) is 5.02 Å². The van der Waals surface area contributed by atoms with Crippen LogP contribution in [0.5, 0.6) is 5.75 Å². The molecule has 2 aromatic carbocycles. The first kappa shape index (κ1) is 14.8. The van der Waals surface area contributed by atoms with Crippen LogP contribution in [0.15, 0.2) is 54.1 Å². The Balaban J connectivity index is 2.16. The number of para-hydroxylation sites is 1. The molecule has 0 bridgehead atoms. The molecule has 0 N–H and O–H groups in total. The van der Waals surface area contributed by atoms with Gasteiger partial charge in [-0.15, -0.1) is 0 Å². The number of nitrogens with zero attached hydrogens (tertiary/aromatic N) is 1. The predicted molar refractivity (Wildman–Crippen MR) is 82.4 cm³/mol. The summed E-state index contributed by atoms with van der Waals surface area (Å²) in [6, 6.07) is 16.2. The third-order valence-electron chi connectivity index (χ3n) is 2.81. The lowest BCUT2D eigenvalue weighted by Crippen LogP contribution is -2.02. The Labute approximate surface area is 128 Å². The van der Waals surface area contributed by atoms with E-state index in [1.165, 1.54) is 0 Å². The molecule has 4 heteroatoms. The first-order valence-electron chi connectivity index (χ1n) is 6.27. The Hall–Kier alpha value is -2.57. The molecule has 2 aromatic rings. The quantitative estimate of drug-likeness (QED) is 0.615. The smallest absolute Gasteiger partial charge is 0.153 e. The van der Waals surface area contributed by atoms with Crippen LogP contribution in [0, 0.1) is 11.3 Å². The van der Waals surface area contributed by atoms with E-state index in [1.807, 2.05) is 18.2 Å². The number of carbonyl (C=O) groups is 1. The van der Waals surface area contributed by atoms with Gasteiger partial charge in [0.15, 0.2) is 6.29 Å². The number of ether oxygens (including phenoxy) is 1. The Morgan fingerprint density at radius 3 is 2.48 bits per heavy atom. The SMILES string of the molecule is N#C/C(=C\c1ccccc1Cl)COc1ccccc1C=O. The Morgan fingerprint density at radius 1 is 1.14 bits per heavy atom. The Bertz CT molecular complexity index is 717. The van der Waals surface area contributed by atoms with E-state index in [0.717, 1.165) is 11.8 Å². The lowest BCUT2D eigenvalue weighted by atomic mass is 10.1. The minimum absolute atomic E-state index is 0.0760. The van der Waals surface area contributed by atoms with Crippen LogP contribution in [0.1, 0.15) is 15.9 Å². The van der Waals surface area contributed by atoms with Crippen LogP contribution in [0.3, 0.4) is 0 Å². The fourth-order valence-corrected chi connectivity index (χ4v) is 1.94. The van der Waals surface area contributed by atoms with Gasteiger partial charge in [-0.25, -0.2) is 0 Å². The highest BCUT2D eigenvalue weighted by molar-refractivity contribution is 6.32. The molecule has 0 fully saturated rings. The average Bonchev–Trinajstić information content (AvgIpc) is 2.53. The van der Waals surface area contributed by atoms with Gasteiger partial charge in [0.2, 0.25) is 0 Å². The van der Waals surface area contributed by atoms with Crippen molar-refractivity contribution in [3.8, 4) is 11.8 Å². The molecule has 104 valence electrons. The maximum atomic E-state index is 10.9. The molecule has 0 saturated carbocycles. The molecule has 0 atom stereocenters. The fourth-order valence-electron chi connectivity index (χ4n) is 1.75. The summed E-state index contributed by atoms with van der Waals surface area (Å²) >= 11 is 6.05. The van der Waals surface area contributed by atoms with E-state index in [9.17, 15) is 10.1 Å². The second kappa shape index (κ2) is 7.28. The highest BCUT2D eigenvalue weighted by Gasteiger charge is 2.04. The van der Waals surface area contributed by atoms with Gasteiger partial charge in [0.05, 0.1) is 17.2 Å². The summed E-state index contributed by atoms with van der Waals surface area (Å²) in [7, 11) is 0. The molecule has 0 heterocycles. The number of nitriles is 1. The number of halogens is 1. The molecule has 3 nitrogen and oxygen atoms in total. The van der Waals surface area contributed by atoms with Crippen molar-refractivity contribution in [2.24, 2.45) is 0 Å². The molecule has 0 spiro atoms. The van der Waals surface area contributed by atoms with Gasteiger partial charge in [-0.3, -0.25) is 4.79 Å². The molecule has 21 heavy (non-hydrogen) atoms. The van der Waals surface area contributed by atoms with Crippen molar-refractivity contribution in [3.05, 3.63) is 70.3 Å². The van der Waals surface area contributed by atoms with E-state index in [1.54, 1.807) is 36.4 Å². The van der Waals surface area contributed by atoms with E-state index in [0.29, 0.717) is 21.9 Å². The summed E-state index contributed by atoms with van der Waals surface area (Å²) in [4.78, 5) is 10.9. The number of carbonyl (C=O) groups excluding carboxylic acids is 1. The summed E-state index contributed by atoms with van der Waals surface area (Å²) in [5.74, 6) is 0.452. The number of rotatable bonds is 5. The topological polar surface area (TPSA) is 50.1 Å². The van der Waals surface area contributed by atoms with Crippen LogP contribution >= 0.6 is 11.6 Å². The molecule has 0 aliphatic carbocycles. The standard InChI is InChI=1S/C17H12ClNO2/c18-16-7-3-1-5-14(16)9-13(10-19)12-21-17-8-4-2-6-15(17)11-20/h1-9,11H,12H2/b13-9+. The highest BCUT2D eigenvalue weighted by atomic mass is 35.5. The molecule has 0 aliphatic heterocycles. The van der Waals surface area contributed by atoms with Crippen molar-refractivity contribution in [2.75, 3.05) is 6.61 Å². The third-order valence-corrected chi connectivity index (χ3v) is 3.15. The van der Waals surface area contributed by atoms with Gasteiger partial charge in [0.1, 0.15) is 12.4 Å². The number of benzene rings is 2. The zero-order chi connectivity index (χ0) is 15.1. The van der Waals surface area contributed by atoms with Crippen LogP contribution in [0.25, 0.3) is 6.08 Å². The Kier molecular flexibility index (Phi) is 5.14. The second-order valence-corrected chi connectivity index (χ2v) is 4.65. The Morgan fingerprint density at radius 2 is 1.81 bits per heavy atom. The zero-order valence-corrected chi connectivity index (χ0v) is 11.9. The predicted octanol–water partition coefficient (Wildman–Crippen LogP) is 4.14. The monoisotopic (exact) mass is 297 g/mol. The molecule has 0 aliphatic rings. The number of hydrogen-bond donors (Lipinski definition) is 0. The first-order chi connectivity index (χ1) is 10.2. The first-order valence-corrected chi connectivity index (χ1v) is 6.64. The maximum absolute atomic E-state index is 10.9. The van der Waals surface area contributed by atoms with E-state index < -0.39 is 0 Å². The van der Waals surface area contributed by atoms with Gasteiger partial charge < -0.3 is 4.74 Å². The molecular weight excluding hydrogens is 286 g/mol. The van der Waals surface area contributed by atoms with E-state index >= 15 is 0 Å². The summed E-state index contributed by atoms with van der Waals surface area (Å²) < 4.78 is 5.53. The number of hydrogen-bond acceptors (Lipinski definition) is 3. The average molecular weight is 298 g/mol. The van der Waals surface area contributed by atoms with Crippen molar-refractivity contribution >= 4 is 24.0 Å². The molecular formula is C17H12ClNO2. The highest BCUT2D eigenvalue weighted by Crippen LogP contribution is 2.20. The van der Waals surface area contributed by atoms with Crippen LogP contribution in [0.4, 0.5) is 0 Å². The third kappa shape index (κ3) is 3.95.